The summed E-state index contributed by atoms with van der Waals surface area (Å²) in [6.45, 7) is 2.29. The Hall–Kier alpha value is -2.72. The van der Waals surface area contributed by atoms with E-state index in [9.17, 15) is 9.18 Å². The van der Waals surface area contributed by atoms with Crippen LogP contribution in [0.15, 0.2) is 24.4 Å². The summed E-state index contributed by atoms with van der Waals surface area (Å²) < 4.78 is 13.8. The molecule has 2 atom stereocenters. The molecular formula is C17H18FN7OS. The van der Waals surface area contributed by atoms with Crippen molar-refractivity contribution in [2.75, 3.05) is 18.4 Å². The summed E-state index contributed by atoms with van der Waals surface area (Å²) >= 11 is 1.46. The summed E-state index contributed by atoms with van der Waals surface area (Å²) in [6.07, 6.45) is 0.858. The molecule has 10 heteroatoms. The van der Waals surface area contributed by atoms with Gasteiger partial charge in [-0.15, -0.1) is 10.2 Å². The summed E-state index contributed by atoms with van der Waals surface area (Å²) in [4.78, 5) is 22.6. The minimum Gasteiger partial charge on any atom is -0.325 e. The molecule has 1 aliphatic rings. The molecule has 1 fully saturated rings. The highest BCUT2D eigenvalue weighted by Crippen LogP contribution is 2.24. The van der Waals surface area contributed by atoms with Crippen LogP contribution in [0.2, 0.25) is 0 Å². The number of nitrogens with zero attached hydrogens (tertiary/aromatic N) is 5. The Balaban J connectivity index is 1.54. The summed E-state index contributed by atoms with van der Waals surface area (Å²) in [5, 5.41) is 13.3. The number of halogens is 1. The van der Waals surface area contributed by atoms with Gasteiger partial charge in [0.2, 0.25) is 0 Å². The Bertz CT molecular complexity index is 994. The minimum absolute atomic E-state index is 0.0145. The van der Waals surface area contributed by atoms with Crippen LogP contribution in [0.5, 0.6) is 0 Å². The number of rotatable bonds is 2. The Labute approximate surface area is 158 Å². The maximum absolute atomic E-state index is 13.8. The molecule has 1 saturated heterocycles. The van der Waals surface area contributed by atoms with Crippen molar-refractivity contribution in [1.82, 2.24) is 25.1 Å². The third-order valence-corrected chi connectivity index (χ3v) is 5.29. The lowest BCUT2D eigenvalue weighted by Gasteiger charge is -2.32. The number of piperidine rings is 1. The lowest BCUT2D eigenvalue weighted by atomic mass is 10.0. The molecule has 3 aromatic heterocycles. The number of alkyl halides is 1. The molecule has 2 amide bonds. The van der Waals surface area contributed by atoms with Crippen molar-refractivity contribution in [3.63, 3.8) is 0 Å². The molecule has 27 heavy (non-hydrogen) atoms. The van der Waals surface area contributed by atoms with Crippen LogP contribution in [0, 0.1) is 6.92 Å². The van der Waals surface area contributed by atoms with Crippen molar-refractivity contribution < 1.29 is 9.18 Å². The van der Waals surface area contributed by atoms with Gasteiger partial charge in [0, 0.05) is 30.2 Å². The van der Waals surface area contributed by atoms with Gasteiger partial charge < -0.3 is 10.6 Å². The van der Waals surface area contributed by atoms with Crippen LogP contribution >= 0.6 is 11.3 Å². The third-order valence-electron chi connectivity index (χ3n) is 4.43. The fourth-order valence-electron chi connectivity index (χ4n) is 2.90. The van der Waals surface area contributed by atoms with Crippen molar-refractivity contribution in [3.05, 3.63) is 29.4 Å². The van der Waals surface area contributed by atoms with Crippen molar-refractivity contribution in [2.24, 2.45) is 5.73 Å². The van der Waals surface area contributed by atoms with E-state index in [0.29, 0.717) is 30.0 Å². The van der Waals surface area contributed by atoms with E-state index in [0.717, 1.165) is 15.4 Å². The van der Waals surface area contributed by atoms with Gasteiger partial charge in [0.25, 0.3) is 0 Å². The van der Waals surface area contributed by atoms with Crippen molar-refractivity contribution in [3.8, 4) is 10.7 Å². The predicted octanol–water partition coefficient (Wildman–Crippen LogP) is 2.36. The number of hydrogen-bond donors (Lipinski definition) is 2. The van der Waals surface area contributed by atoms with Crippen molar-refractivity contribution >= 4 is 34.1 Å². The Morgan fingerprint density at radius 1 is 1.41 bits per heavy atom. The average Bonchev–Trinajstić information content (AvgIpc) is 3.09. The van der Waals surface area contributed by atoms with E-state index >= 15 is 0 Å². The first kappa shape index (κ1) is 17.7. The lowest BCUT2D eigenvalue weighted by molar-refractivity contribution is 0.137. The molecule has 3 N–H and O–H groups in total. The van der Waals surface area contributed by atoms with E-state index in [1.807, 2.05) is 19.1 Å². The molecule has 4 rings (SSSR count). The van der Waals surface area contributed by atoms with Gasteiger partial charge in [0.15, 0.2) is 5.01 Å². The van der Waals surface area contributed by atoms with Gasteiger partial charge >= 0.3 is 6.03 Å². The number of hydrogen-bond acceptors (Lipinski definition) is 7. The summed E-state index contributed by atoms with van der Waals surface area (Å²) in [5.41, 5.74) is 7.04. The first-order chi connectivity index (χ1) is 13.0. The topological polar surface area (TPSA) is 110 Å². The Morgan fingerprint density at radius 2 is 2.26 bits per heavy atom. The van der Waals surface area contributed by atoms with Crippen molar-refractivity contribution in [2.45, 2.75) is 25.6 Å². The predicted molar refractivity (Wildman–Crippen MR) is 101 cm³/mol. The number of aryl methyl sites for hydroxylation is 1. The van der Waals surface area contributed by atoms with Gasteiger partial charge in [-0.05, 0) is 25.5 Å². The van der Waals surface area contributed by atoms with Crippen LogP contribution in [0.1, 0.15) is 11.4 Å². The van der Waals surface area contributed by atoms with Crippen molar-refractivity contribution in [1.29, 1.82) is 0 Å². The normalized spacial score (nSPS) is 20.0. The first-order valence-corrected chi connectivity index (χ1v) is 9.34. The largest absolute Gasteiger partial charge is 0.325 e. The number of amides is 2. The highest BCUT2D eigenvalue weighted by atomic mass is 32.1. The van der Waals surface area contributed by atoms with Gasteiger partial charge in [-0.2, -0.15) is 0 Å². The van der Waals surface area contributed by atoms with Gasteiger partial charge in [-0.1, -0.05) is 11.3 Å². The molecule has 0 bridgehead atoms. The number of aromatic nitrogens is 4. The fraction of sp³-hybridized carbons (Fsp3) is 0.353. The summed E-state index contributed by atoms with van der Waals surface area (Å²) in [6, 6.07) is 4.53. The van der Waals surface area contributed by atoms with E-state index in [1.54, 1.807) is 12.3 Å². The molecule has 0 radical (unpaired) electrons. The second kappa shape index (κ2) is 7.12. The number of likely N-dealkylation sites (tertiary alicyclic amines) is 1. The number of nitrogens with one attached hydrogen (secondary N) is 1. The molecule has 0 aliphatic carbocycles. The number of pyridine rings is 2. The third kappa shape index (κ3) is 3.71. The zero-order valence-electron chi connectivity index (χ0n) is 14.6. The van der Waals surface area contributed by atoms with Crippen LogP contribution < -0.4 is 11.1 Å². The van der Waals surface area contributed by atoms with E-state index in [-0.39, 0.29) is 6.54 Å². The molecule has 3 aromatic rings. The number of anilines is 1. The molecule has 4 heterocycles. The Morgan fingerprint density at radius 3 is 3.00 bits per heavy atom. The first-order valence-electron chi connectivity index (χ1n) is 8.52. The van der Waals surface area contributed by atoms with Crippen LogP contribution in [0.4, 0.5) is 15.0 Å². The molecule has 140 valence electrons. The van der Waals surface area contributed by atoms with Gasteiger partial charge in [0.05, 0.1) is 12.1 Å². The highest BCUT2D eigenvalue weighted by molar-refractivity contribution is 7.14. The molecule has 0 unspecified atom stereocenters. The lowest BCUT2D eigenvalue weighted by Crippen LogP contribution is -2.51. The monoisotopic (exact) mass is 387 g/mol. The standard InChI is InChI=1S/C17H18FN7OS/c1-9-23-24-16(27-9)13-3-2-10-7-20-15(6-14(10)21-13)22-17(26)25-5-4-12(19)11(18)8-25/h2-3,6-7,11-12H,4-5,8,19H2,1H3,(H,20,22,26)/t11-,12-/m0/s1. The smallest absolute Gasteiger partial charge is 0.323 e. The molecule has 8 nitrogen and oxygen atoms in total. The number of carbonyl (C=O) groups excluding carboxylic acids is 1. The maximum atomic E-state index is 13.8. The zero-order valence-corrected chi connectivity index (χ0v) is 15.4. The molecule has 1 aliphatic heterocycles. The number of urea groups is 1. The number of fused-ring (bicyclic) bond motifs is 1. The molecule has 0 aromatic carbocycles. The van der Waals surface area contributed by atoms with Crippen LogP contribution in [0.3, 0.4) is 0 Å². The maximum Gasteiger partial charge on any atom is 0.323 e. The molecule has 0 saturated carbocycles. The number of nitrogens with two attached hydrogens (primary N) is 1. The molecule has 0 spiro atoms. The summed E-state index contributed by atoms with van der Waals surface area (Å²) in [5.74, 6) is 0.357. The Kier molecular flexibility index (Phi) is 4.66. The van der Waals surface area contributed by atoms with Gasteiger partial charge in [-0.25, -0.2) is 19.2 Å². The highest BCUT2D eigenvalue weighted by Gasteiger charge is 2.29. The van der Waals surface area contributed by atoms with Crippen LogP contribution in [0.25, 0.3) is 21.6 Å². The second-order valence-corrected chi connectivity index (χ2v) is 7.61. The van der Waals surface area contributed by atoms with Gasteiger partial charge in [0.1, 0.15) is 22.7 Å². The van der Waals surface area contributed by atoms with E-state index < -0.39 is 18.2 Å². The zero-order chi connectivity index (χ0) is 19.0. The van der Waals surface area contributed by atoms with E-state index in [2.05, 4.69) is 25.5 Å². The van der Waals surface area contributed by atoms with Crippen LogP contribution in [-0.2, 0) is 0 Å². The minimum atomic E-state index is -1.21. The van der Waals surface area contributed by atoms with Crippen LogP contribution in [-0.4, -0.2) is 56.4 Å². The number of carbonyl (C=O) groups is 1. The second-order valence-electron chi connectivity index (χ2n) is 6.43. The summed E-state index contributed by atoms with van der Waals surface area (Å²) in [7, 11) is 0. The van der Waals surface area contributed by atoms with E-state index in [4.69, 9.17) is 5.73 Å². The molecular weight excluding hydrogens is 369 g/mol. The SMILES string of the molecule is Cc1nnc(-c2ccc3cnc(NC(=O)N4CC[C@H](N)[C@@H](F)C4)cc3n2)s1. The van der Waals surface area contributed by atoms with Gasteiger partial charge in [-0.3, -0.25) is 5.32 Å². The fourth-order valence-corrected chi connectivity index (χ4v) is 3.56. The van der Waals surface area contributed by atoms with E-state index in [1.165, 1.54) is 16.2 Å². The average molecular weight is 387 g/mol. The quantitative estimate of drug-likeness (QED) is 0.698.